The molecule has 2 heterocycles. The van der Waals surface area contributed by atoms with Crippen molar-refractivity contribution in [1.82, 2.24) is 9.38 Å². The van der Waals surface area contributed by atoms with Crippen LogP contribution in [0.25, 0.3) is 4.96 Å². The first kappa shape index (κ1) is 18.8. The summed E-state index contributed by atoms with van der Waals surface area (Å²) in [6.07, 6.45) is 0. The molecule has 29 heavy (non-hydrogen) atoms. The van der Waals surface area contributed by atoms with E-state index in [0.29, 0.717) is 22.1 Å². The maximum Gasteiger partial charge on any atom is 0.259 e. The highest BCUT2D eigenvalue weighted by Crippen LogP contribution is 2.25. The summed E-state index contributed by atoms with van der Waals surface area (Å²) in [4.78, 5) is 29.7. The van der Waals surface area contributed by atoms with Crippen molar-refractivity contribution in [3.8, 4) is 5.75 Å². The van der Waals surface area contributed by atoms with Gasteiger partial charge in [-0.3, -0.25) is 14.0 Å². The van der Waals surface area contributed by atoms with Gasteiger partial charge in [0.05, 0.1) is 16.9 Å². The van der Waals surface area contributed by atoms with Crippen LogP contribution in [0.4, 0.5) is 10.1 Å². The van der Waals surface area contributed by atoms with Gasteiger partial charge < -0.3 is 10.1 Å². The molecule has 0 atom stereocenters. The van der Waals surface area contributed by atoms with Gasteiger partial charge in [-0.15, -0.1) is 11.3 Å². The van der Waals surface area contributed by atoms with Gasteiger partial charge in [0.2, 0.25) is 0 Å². The van der Waals surface area contributed by atoms with Crippen LogP contribution in [0.15, 0.2) is 64.8 Å². The Morgan fingerprint density at radius 1 is 1.21 bits per heavy atom. The molecule has 0 unspecified atom stereocenters. The molecule has 2 aromatic heterocycles. The lowest BCUT2D eigenvalue weighted by atomic mass is 10.2. The number of aromatic nitrogens is 2. The lowest BCUT2D eigenvalue weighted by molar-refractivity contribution is 0.102. The molecule has 0 spiro atoms. The highest BCUT2D eigenvalue weighted by Gasteiger charge is 2.14. The zero-order valence-electron chi connectivity index (χ0n) is 15.4. The molecule has 0 saturated carbocycles. The van der Waals surface area contributed by atoms with Crippen molar-refractivity contribution in [2.75, 3.05) is 5.32 Å². The van der Waals surface area contributed by atoms with E-state index in [1.165, 1.54) is 40.0 Å². The first-order valence-electron chi connectivity index (χ1n) is 8.77. The normalized spacial score (nSPS) is 10.8. The van der Waals surface area contributed by atoms with Crippen LogP contribution in [0.1, 0.15) is 21.7 Å². The fourth-order valence-electron chi connectivity index (χ4n) is 2.86. The number of benzene rings is 2. The predicted molar refractivity (Wildman–Crippen MR) is 109 cm³/mol. The Bertz CT molecular complexity index is 1270. The Hall–Kier alpha value is -3.52. The van der Waals surface area contributed by atoms with Gasteiger partial charge >= 0.3 is 0 Å². The number of hydrogen-bond acceptors (Lipinski definition) is 5. The number of ether oxygens (including phenoxy) is 1. The molecule has 0 fully saturated rings. The van der Waals surface area contributed by atoms with Crippen LogP contribution in [0, 0.1) is 12.7 Å². The van der Waals surface area contributed by atoms with Crippen LogP contribution in [-0.4, -0.2) is 15.3 Å². The maximum absolute atomic E-state index is 13.8. The van der Waals surface area contributed by atoms with Gasteiger partial charge in [0, 0.05) is 17.1 Å². The first-order chi connectivity index (χ1) is 14.0. The van der Waals surface area contributed by atoms with Gasteiger partial charge in [-0.05, 0) is 31.2 Å². The molecule has 6 nitrogen and oxygen atoms in total. The van der Waals surface area contributed by atoms with Gasteiger partial charge in [0.15, 0.2) is 4.96 Å². The van der Waals surface area contributed by atoms with Gasteiger partial charge in [-0.2, -0.15) is 0 Å². The number of para-hydroxylation sites is 2. The van der Waals surface area contributed by atoms with Crippen molar-refractivity contribution >= 4 is 27.9 Å². The number of anilines is 1. The van der Waals surface area contributed by atoms with Gasteiger partial charge in [-0.1, -0.05) is 24.3 Å². The summed E-state index contributed by atoms with van der Waals surface area (Å²) < 4.78 is 21.2. The fourth-order valence-corrected chi connectivity index (χ4v) is 3.75. The fraction of sp³-hybridized carbons (Fsp3) is 0.0952. The van der Waals surface area contributed by atoms with Crippen LogP contribution in [0.3, 0.4) is 0 Å². The highest BCUT2D eigenvalue weighted by atomic mass is 32.1. The molecule has 0 aliphatic rings. The van der Waals surface area contributed by atoms with Crippen LogP contribution in [-0.2, 0) is 6.61 Å². The average molecular weight is 409 g/mol. The average Bonchev–Trinajstić information content (AvgIpc) is 3.09. The number of rotatable bonds is 5. The molecule has 1 amide bonds. The number of carbonyl (C=O) groups excluding carboxylic acids is 1. The second-order valence-corrected chi connectivity index (χ2v) is 7.14. The number of fused-ring (bicyclic) bond motifs is 1. The summed E-state index contributed by atoms with van der Waals surface area (Å²) in [6, 6.07) is 14.0. The Balaban J connectivity index is 1.54. The number of aryl methyl sites for hydroxylation is 1. The first-order valence-corrected chi connectivity index (χ1v) is 9.65. The molecular weight excluding hydrogens is 393 g/mol. The maximum atomic E-state index is 13.8. The van der Waals surface area contributed by atoms with Crippen LogP contribution in [0.2, 0.25) is 0 Å². The number of thiazole rings is 1. The van der Waals surface area contributed by atoms with Gasteiger partial charge in [0.25, 0.3) is 11.5 Å². The SMILES string of the molecule is Cc1csc2nc(COc3ccccc3NC(=O)c3ccccc3F)cc(=O)n12. The third-order valence-corrected chi connectivity index (χ3v) is 5.20. The van der Waals surface area contributed by atoms with E-state index in [9.17, 15) is 14.0 Å². The van der Waals surface area contributed by atoms with E-state index in [-0.39, 0.29) is 17.7 Å². The molecule has 4 aromatic rings. The van der Waals surface area contributed by atoms with Gasteiger partial charge in [-0.25, -0.2) is 9.37 Å². The van der Waals surface area contributed by atoms with E-state index in [2.05, 4.69) is 10.3 Å². The highest BCUT2D eigenvalue weighted by molar-refractivity contribution is 7.15. The third-order valence-electron chi connectivity index (χ3n) is 4.26. The van der Waals surface area contributed by atoms with Crippen LogP contribution in [0.5, 0.6) is 5.75 Å². The molecule has 4 rings (SSSR count). The molecular formula is C21H16FN3O3S. The Morgan fingerprint density at radius 3 is 2.79 bits per heavy atom. The summed E-state index contributed by atoms with van der Waals surface area (Å²) in [6.45, 7) is 1.90. The number of carbonyl (C=O) groups is 1. The zero-order valence-corrected chi connectivity index (χ0v) is 16.2. The van der Waals surface area contributed by atoms with E-state index in [1.54, 1.807) is 30.3 Å². The topological polar surface area (TPSA) is 72.7 Å². The van der Waals surface area contributed by atoms with E-state index in [1.807, 2.05) is 12.3 Å². The lowest BCUT2D eigenvalue weighted by Gasteiger charge is -2.12. The minimum absolute atomic E-state index is 0.0509. The number of halogens is 1. The molecule has 8 heteroatoms. The summed E-state index contributed by atoms with van der Waals surface area (Å²) in [7, 11) is 0. The minimum atomic E-state index is -0.604. The van der Waals surface area contributed by atoms with Crippen molar-refractivity contribution in [3.63, 3.8) is 0 Å². The summed E-state index contributed by atoms with van der Waals surface area (Å²) in [5.41, 5.74) is 1.47. The van der Waals surface area contributed by atoms with Crippen molar-refractivity contribution in [3.05, 3.63) is 93.1 Å². The van der Waals surface area contributed by atoms with E-state index in [4.69, 9.17) is 4.74 Å². The third kappa shape index (κ3) is 3.88. The van der Waals surface area contributed by atoms with Crippen molar-refractivity contribution in [2.24, 2.45) is 0 Å². The molecule has 0 radical (unpaired) electrons. The molecule has 2 aromatic carbocycles. The zero-order chi connectivity index (χ0) is 20.4. The van der Waals surface area contributed by atoms with E-state index >= 15 is 0 Å². The van der Waals surface area contributed by atoms with Crippen molar-refractivity contribution < 1.29 is 13.9 Å². The predicted octanol–water partition coefficient (Wildman–Crippen LogP) is 4.03. The van der Waals surface area contributed by atoms with Crippen molar-refractivity contribution in [1.29, 1.82) is 0 Å². The van der Waals surface area contributed by atoms with E-state index < -0.39 is 11.7 Å². The van der Waals surface area contributed by atoms with Crippen LogP contribution >= 0.6 is 11.3 Å². The number of hydrogen-bond donors (Lipinski definition) is 1. The smallest absolute Gasteiger partial charge is 0.259 e. The minimum Gasteiger partial charge on any atom is -0.485 e. The molecule has 0 bridgehead atoms. The molecule has 1 N–H and O–H groups in total. The number of nitrogens with one attached hydrogen (secondary N) is 1. The Kier molecular flexibility index (Phi) is 5.09. The quantitative estimate of drug-likeness (QED) is 0.540. The Labute approximate surface area is 169 Å². The monoisotopic (exact) mass is 409 g/mol. The molecule has 0 saturated heterocycles. The summed E-state index contributed by atoms with van der Waals surface area (Å²) >= 11 is 1.38. The second-order valence-electron chi connectivity index (χ2n) is 6.30. The largest absolute Gasteiger partial charge is 0.485 e. The molecule has 146 valence electrons. The standard InChI is InChI=1S/C21H16FN3O3S/c1-13-12-29-21-23-14(10-19(26)25(13)21)11-28-18-9-5-4-8-17(18)24-20(27)15-6-2-3-7-16(15)22/h2-10,12H,11H2,1H3,(H,24,27). The number of amides is 1. The lowest BCUT2D eigenvalue weighted by Crippen LogP contribution is -2.16. The second kappa shape index (κ2) is 7.84. The van der Waals surface area contributed by atoms with Crippen molar-refractivity contribution in [2.45, 2.75) is 13.5 Å². The van der Waals surface area contributed by atoms with Crippen LogP contribution < -0.4 is 15.6 Å². The summed E-state index contributed by atoms with van der Waals surface area (Å²) in [5, 5.41) is 4.52. The summed E-state index contributed by atoms with van der Waals surface area (Å²) in [5.74, 6) is -0.792. The molecule has 0 aliphatic carbocycles. The number of nitrogens with zero attached hydrogens (tertiary/aromatic N) is 2. The molecule has 0 aliphatic heterocycles. The van der Waals surface area contributed by atoms with E-state index in [0.717, 1.165) is 5.69 Å². The van der Waals surface area contributed by atoms with Gasteiger partial charge in [0.1, 0.15) is 18.2 Å². The Morgan fingerprint density at radius 2 is 1.97 bits per heavy atom.